The third-order valence-electron chi connectivity index (χ3n) is 2.64. The van der Waals surface area contributed by atoms with Crippen LogP contribution in [0, 0.1) is 0 Å². The van der Waals surface area contributed by atoms with E-state index in [2.05, 4.69) is 17.2 Å². The van der Waals surface area contributed by atoms with Gasteiger partial charge in [0.1, 0.15) is 11.5 Å². The van der Waals surface area contributed by atoms with Crippen LogP contribution in [0.5, 0.6) is 11.5 Å². The van der Waals surface area contributed by atoms with Gasteiger partial charge in [-0.15, -0.1) is 0 Å². The number of nitrogens with one attached hydrogen (secondary N) is 2. The summed E-state index contributed by atoms with van der Waals surface area (Å²) in [6, 6.07) is 17.3. The van der Waals surface area contributed by atoms with Crippen molar-refractivity contribution in [2.24, 2.45) is 0 Å². The molecule has 0 amide bonds. The van der Waals surface area contributed by atoms with Gasteiger partial charge in [-0.3, -0.25) is 0 Å². The second-order valence-electron chi connectivity index (χ2n) is 4.70. The number of hydrogen-bond donors (Lipinski definition) is 2. The van der Waals surface area contributed by atoms with Crippen LogP contribution in [-0.2, 0) is 0 Å². The highest BCUT2D eigenvalue weighted by Crippen LogP contribution is 2.22. The average molecular weight is 298 g/mol. The topological polar surface area (TPSA) is 33.3 Å². The molecule has 0 fully saturated rings. The Morgan fingerprint density at radius 1 is 1.05 bits per heavy atom. The summed E-state index contributed by atoms with van der Waals surface area (Å²) in [7, 11) is 0. The summed E-state index contributed by atoms with van der Waals surface area (Å²) in [5.74, 6) is 1.60. The number of para-hydroxylation sites is 1. The van der Waals surface area contributed by atoms with Crippen LogP contribution in [0.15, 0.2) is 66.7 Å². The predicted octanol–water partition coefficient (Wildman–Crippen LogP) is 4.34. The second kappa shape index (κ2) is 7.45. The summed E-state index contributed by atoms with van der Waals surface area (Å²) < 4.78 is 5.73. The van der Waals surface area contributed by atoms with Crippen LogP contribution >= 0.6 is 12.2 Å². The maximum atomic E-state index is 5.73. The van der Waals surface area contributed by atoms with E-state index < -0.39 is 0 Å². The van der Waals surface area contributed by atoms with Gasteiger partial charge in [0.25, 0.3) is 0 Å². The van der Waals surface area contributed by atoms with E-state index in [-0.39, 0.29) is 0 Å². The molecule has 0 aliphatic rings. The molecule has 2 aromatic rings. The van der Waals surface area contributed by atoms with E-state index in [9.17, 15) is 0 Å². The van der Waals surface area contributed by atoms with Crippen molar-refractivity contribution >= 4 is 23.0 Å². The van der Waals surface area contributed by atoms with Crippen molar-refractivity contribution in [1.29, 1.82) is 0 Å². The Balaban J connectivity index is 1.90. The highest BCUT2D eigenvalue weighted by molar-refractivity contribution is 7.80. The van der Waals surface area contributed by atoms with Crippen molar-refractivity contribution in [3.8, 4) is 11.5 Å². The molecule has 0 atom stereocenters. The molecule has 3 nitrogen and oxygen atoms in total. The molecule has 0 radical (unpaired) electrons. The maximum absolute atomic E-state index is 5.73. The average Bonchev–Trinajstić information content (AvgIpc) is 2.48. The maximum Gasteiger partial charge on any atom is 0.171 e. The zero-order valence-corrected chi connectivity index (χ0v) is 12.7. The van der Waals surface area contributed by atoms with Crippen molar-refractivity contribution < 1.29 is 4.74 Å². The third-order valence-corrected chi connectivity index (χ3v) is 2.89. The fourth-order valence-electron chi connectivity index (χ4n) is 1.64. The van der Waals surface area contributed by atoms with Crippen molar-refractivity contribution in [2.45, 2.75) is 6.92 Å². The first-order valence-corrected chi connectivity index (χ1v) is 7.06. The van der Waals surface area contributed by atoms with Crippen LogP contribution in [0.3, 0.4) is 0 Å². The Morgan fingerprint density at radius 2 is 1.67 bits per heavy atom. The first kappa shape index (κ1) is 15.1. The molecule has 0 aliphatic carbocycles. The molecule has 0 saturated heterocycles. The molecule has 0 bridgehead atoms. The van der Waals surface area contributed by atoms with Crippen LogP contribution in [-0.4, -0.2) is 11.7 Å². The highest BCUT2D eigenvalue weighted by atomic mass is 32.1. The number of hydrogen-bond acceptors (Lipinski definition) is 2. The second-order valence-corrected chi connectivity index (χ2v) is 5.11. The van der Waals surface area contributed by atoms with Gasteiger partial charge in [-0.05, 0) is 55.5 Å². The van der Waals surface area contributed by atoms with E-state index in [0.29, 0.717) is 11.7 Å². The van der Waals surface area contributed by atoms with Gasteiger partial charge in [0.05, 0.1) is 0 Å². The standard InChI is InChI=1S/C17H18N2OS/c1-13(2)12-18-17(21)19-14-8-10-16(11-9-14)20-15-6-4-3-5-7-15/h3-11H,1,12H2,2H3,(H2,18,19,21). The number of thiocarbonyl (C=S) groups is 1. The minimum atomic E-state index is 0.578. The van der Waals surface area contributed by atoms with E-state index in [4.69, 9.17) is 17.0 Å². The van der Waals surface area contributed by atoms with Crippen LogP contribution in [0.4, 0.5) is 5.69 Å². The SMILES string of the molecule is C=C(C)CNC(=S)Nc1ccc(Oc2ccccc2)cc1. The fourth-order valence-corrected chi connectivity index (χ4v) is 1.83. The van der Waals surface area contributed by atoms with Gasteiger partial charge < -0.3 is 15.4 Å². The molecule has 0 heterocycles. The first-order valence-electron chi connectivity index (χ1n) is 6.66. The Bertz CT molecular complexity index is 608. The van der Waals surface area contributed by atoms with Gasteiger partial charge in [0.15, 0.2) is 5.11 Å². The Hall–Kier alpha value is -2.33. The molecule has 21 heavy (non-hydrogen) atoms. The first-order chi connectivity index (χ1) is 10.1. The van der Waals surface area contributed by atoms with E-state index in [1.807, 2.05) is 61.5 Å². The van der Waals surface area contributed by atoms with Crippen LogP contribution in [0.25, 0.3) is 0 Å². The lowest BCUT2D eigenvalue weighted by Crippen LogP contribution is -2.29. The Morgan fingerprint density at radius 3 is 2.29 bits per heavy atom. The lowest BCUT2D eigenvalue weighted by atomic mass is 10.3. The number of benzene rings is 2. The quantitative estimate of drug-likeness (QED) is 0.635. The number of rotatable bonds is 5. The summed E-state index contributed by atoms with van der Waals surface area (Å²) in [5.41, 5.74) is 1.94. The van der Waals surface area contributed by atoms with Gasteiger partial charge in [-0.2, -0.15) is 0 Å². The molecular weight excluding hydrogens is 280 g/mol. The van der Waals surface area contributed by atoms with E-state index in [1.165, 1.54) is 0 Å². The van der Waals surface area contributed by atoms with Gasteiger partial charge in [-0.25, -0.2) is 0 Å². The third kappa shape index (κ3) is 5.28. The zero-order valence-electron chi connectivity index (χ0n) is 11.9. The van der Waals surface area contributed by atoms with Crippen molar-refractivity contribution in [3.05, 3.63) is 66.7 Å². The molecular formula is C17H18N2OS. The lowest BCUT2D eigenvalue weighted by Gasteiger charge is -2.11. The lowest BCUT2D eigenvalue weighted by molar-refractivity contribution is 0.483. The van der Waals surface area contributed by atoms with Crippen molar-refractivity contribution in [2.75, 3.05) is 11.9 Å². The van der Waals surface area contributed by atoms with E-state index in [0.717, 1.165) is 22.8 Å². The van der Waals surface area contributed by atoms with Gasteiger partial charge >= 0.3 is 0 Å². The van der Waals surface area contributed by atoms with Crippen molar-refractivity contribution in [3.63, 3.8) is 0 Å². The van der Waals surface area contributed by atoms with E-state index >= 15 is 0 Å². The monoisotopic (exact) mass is 298 g/mol. The summed E-state index contributed by atoms with van der Waals surface area (Å²) >= 11 is 5.20. The Labute approximate surface area is 130 Å². The Kier molecular flexibility index (Phi) is 5.35. The molecule has 2 aromatic carbocycles. The normalized spacial score (nSPS) is 9.76. The molecule has 4 heteroatoms. The van der Waals surface area contributed by atoms with Gasteiger partial charge in [0.2, 0.25) is 0 Å². The van der Waals surface area contributed by atoms with Gasteiger partial charge in [0, 0.05) is 12.2 Å². The molecule has 2 N–H and O–H groups in total. The van der Waals surface area contributed by atoms with Crippen molar-refractivity contribution in [1.82, 2.24) is 5.32 Å². The summed E-state index contributed by atoms with van der Waals surface area (Å²) in [5, 5.41) is 6.77. The summed E-state index contributed by atoms with van der Waals surface area (Å²) in [6.45, 7) is 6.44. The number of ether oxygens (including phenoxy) is 1. The highest BCUT2D eigenvalue weighted by Gasteiger charge is 1.99. The minimum absolute atomic E-state index is 0.578. The molecule has 108 valence electrons. The molecule has 0 spiro atoms. The minimum Gasteiger partial charge on any atom is -0.457 e. The zero-order chi connectivity index (χ0) is 15.1. The molecule has 0 aromatic heterocycles. The smallest absolute Gasteiger partial charge is 0.171 e. The molecule has 0 aliphatic heterocycles. The van der Waals surface area contributed by atoms with Gasteiger partial charge in [-0.1, -0.05) is 30.4 Å². The predicted molar refractivity (Wildman–Crippen MR) is 92.0 cm³/mol. The summed E-state index contributed by atoms with van der Waals surface area (Å²) in [6.07, 6.45) is 0. The summed E-state index contributed by atoms with van der Waals surface area (Å²) in [4.78, 5) is 0. The largest absolute Gasteiger partial charge is 0.457 e. The van der Waals surface area contributed by atoms with Crippen LogP contribution in [0.1, 0.15) is 6.92 Å². The van der Waals surface area contributed by atoms with E-state index in [1.54, 1.807) is 0 Å². The number of anilines is 1. The van der Waals surface area contributed by atoms with Crippen LogP contribution in [0.2, 0.25) is 0 Å². The molecule has 0 saturated carbocycles. The molecule has 2 rings (SSSR count). The molecule has 0 unspecified atom stereocenters. The van der Waals surface area contributed by atoms with Crippen LogP contribution < -0.4 is 15.4 Å². The fraction of sp³-hybridized carbons (Fsp3) is 0.118.